The summed E-state index contributed by atoms with van der Waals surface area (Å²) in [5, 5.41) is 0. The number of hydrogen-bond donors (Lipinski definition) is 1. The van der Waals surface area contributed by atoms with E-state index < -0.39 is 16.0 Å². The topological polar surface area (TPSA) is 90.3 Å². The summed E-state index contributed by atoms with van der Waals surface area (Å²) in [5.41, 5.74) is 0.309. The Hall–Kier alpha value is -2.19. The minimum absolute atomic E-state index is 0.114. The Balaban J connectivity index is 1.61. The molecular formula is C16H19N3O4S. The molecule has 1 aliphatic carbocycles. The molecule has 0 atom stereocenters. The molecule has 0 radical (unpaired) electrons. The molecule has 1 N–H and O–H groups in total. The van der Waals surface area contributed by atoms with Crippen molar-refractivity contribution in [2.75, 3.05) is 13.7 Å². The maximum atomic E-state index is 12.3. The highest BCUT2D eigenvalue weighted by Gasteiger charge is 2.27. The fourth-order valence-corrected chi connectivity index (χ4v) is 3.50. The van der Waals surface area contributed by atoms with Crippen molar-refractivity contribution in [1.29, 1.82) is 0 Å². The lowest BCUT2D eigenvalue weighted by Crippen LogP contribution is -2.27. The van der Waals surface area contributed by atoms with Crippen LogP contribution in [0.5, 0.6) is 0 Å². The van der Waals surface area contributed by atoms with E-state index in [-0.39, 0.29) is 11.4 Å². The van der Waals surface area contributed by atoms with Crippen LogP contribution in [0.4, 0.5) is 0 Å². The maximum absolute atomic E-state index is 12.3. The van der Waals surface area contributed by atoms with E-state index in [1.54, 1.807) is 6.20 Å². The Morgan fingerprint density at radius 2 is 2.04 bits per heavy atom. The zero-order valence-corrected chi connectivity index (χ0v) is 14.1. The molecule has 1 saturated carbocycles. The minimum atomic E-state index is -3.62. The van der Waals surface area contributed by atoms with Gasteiger partial charge in [0.25, 0.3) is 0 Å². The van der Waals surface area contributed by atoms with E-state index >= 15 is 0 Å². The predicted octanol–water partition coefficient (Wildman–Crippen LogP) is 1.53. The SMILES string of the molecule is COC(=O)c1ccc(S(=O)(=O)NCCn2ccnc2C2CC2)cc1. The molecule has 24 heavy (non-hydrogen) atoms. The van der Waals surface area contributed by atoms with Crippen molar-refractivity contribution in [2.45, 2.75) is 30.2 Å². The highest BCUT2D eigenvalue weighted by Crippen LogP contribution is 2.38. The molecule has 0 amide bonds. The Labute approximate surface area is 140 Å². The van der Waals surface area contributed by atoms with Crippen LogP contribution in [0.1, 0.15) is 34.9 Å². The highest BCUT2D eigenvalue weighted by atomic mass is 32.2. The zero-order chi connectivity index (χ0) is 17.2. The number of imidazole rings is 1. The number of rotatable bonds is 7. The van der Waals surface area contributed by atoms with Gasteiger partial charge in [-0.15, -0.1) is 0 Å². The van der Waals surface area contributed by atoms with Crippen molar-refractivity contribution in [3.63, 3.8) is 0 Å². The van der Waals surface area contributed by atoms with Gasteiger partial charge in [-0.05, 0) is 37.1 Å². The van der Waals surface area contributed by atoms with Crippen molar-refractivity contribution in [3.8, 4) is 0 Å². The summed E-state index contributed by atoms with van der Waals surface area (Å²) in [6, 6.07) is 5.64. The van der Waals surface area contributed by atoms with Gasteiger partial charge in [0.05, 0.1) is 17.6 Å². The smallest absolute Gasteiger partial charge is 0.337 e. The quantitative estimate of drug-likeness (QED) is 0.766. The average molecular weight is 349 g/mol. The van der Waals surface area contributed by atoms with Crippen molar-refractivity contribution in [3.05, 3.63) is 48.0 Å². The molecule has 0 saturated heterocycles. The Kier molecular flexibility index (Phi) is 4.68. The number of aromatic nitrogens is 2. The second-order valence-electron chi connectivity index (χ2n) is 5.67. The summed E-state index contributed by atoms with van der Waals surface area (Å²) < 4.78 is 33.7. The van der Waals surface area contributed by atoms with Gasteiger partial charge in [-0.1, -0.05) is 0 Å². The van der Waals surface area contributed by atoms with E-state index in [9.17, 15) is 13.2 Å². The van der Waals surface area contributed by atoms with E-state index in [0.29, 0.717) is 18.0 Å². The van der Waals surface area contributed by atoms with E-state index in [1.165, 1.54) is 31.4 Å². The van der Waals surface area contributed by atoms with Crippen molar-refractivity contribution in [2.24, 2.45) is 0 Å². The molecule has 1 aromatic heterocycles. The molecule has 2 aromatic rings. The third-order valence-electron chi connectivity index (χ3n) is 3.92. The summed E-state index contributed by atoms with van der Waals surface area (Å²) >= 11 is 0. The molecule has 3 rings (SSSR count). The third-order valence-corrected chi connectivity index (χ3v) is 5.40. The number of benzene rings is 1. The van der Waals surface area contributed by atoms with Gasteiger partial charge in [0.1, 0.15) is 5.82 Å². The molecule has 0 aliphatic heterocycles. The number of sulfonamides is 1. The molecule has 8 heteroatoms. The number of carbonyl (C=O) groups excluding carboxylic acids is 1. The van der Waals surface area contributed by atoms with Crippen LogP contribution < -0.4 is 4.72 Å². The van der Waals surface area contributed by atoms with Crippen molar-refractivity contribution in [1.82, 2.24) is 14.3 Å². The van der Waals surface area contributed by atoms with E-state index in [0.717, 1.165) is 18.7 Å². The number of nitrogens with one attached hydrogen (secondary N) is 1. The van der Waals surface area contributed by atoms with E-state index in [2.05, 4.69) is 14.4 Å². The molecule has 0 spiro atoms. The number of methoxy groups -OCH3 is 1. The molecular weight excluding hydrogens is 330 g/mol. The van der Waals surface area contributed by atoms with Crippen LogP contribution in [0.25, 0.3) is 0 Å². The molecule has 128 valence electrons. The van der Waals surface area contributed by atoms with Crippen molar-refractivity contribution < 1.29 is 17.9 Å². The number of nitrogens with zero attached hydrogens (tertiary/aromatic N) is 2. The maximum Gasteiger partial charge on any atom is 0.337 e. The molecule has 0 bridgehead atoms. The fraction of sp³-hybridized carbons (Fsp3) is 0.375. The van der Waals surface area contributed by atoms with Gasteiger partial charge in [0.2, 0.25) is 10.0 Å². The first-order valence-corrected chi connectivity index (χ1v) is 9.18. The van der Waals surface area contributed by atoms with Gasteiger partial charge in [-0.25, -0.2) is 22.9 Å². The molecule has 1 heterocycles. The number of hydrogen-bond acceptors (Lipinski definition) is 5. The van der Waals surface area contributed by atoms with E-state index in [1.807, 2.05) is 10.8 Å². The molecule has 1 fully saturated rings. The first-order valence-electron chi connectivity index (χ1n) is 7.70. The van der Waals surface area contributed by atoms with Crippen LogP contribution in [0, 0.1) is 0 Å². The van der Waals surface area contributed by atoms with Crippen LogP contribution in [0.15, 0.2) is 41.6 Å². The van der Waals surface area contributed by atoms with Crippen LogP contribution in [-0.2, 0) is 21.3 Å². The number of carbonyl (C=O) groups is 1. The Bertz CT molecular complexity index is 823. The first-order chi connectivity index (χ1) is 11.5. The fourth-order valence-electron chi connectivity index (χ4n) is 2.48. The van der Waals surface area contributed by atoms with Gasteiger partial charge < -0.3 is 9.30 Å². The first kappa shape index (κ1) is 16.7. The summed E-state index contributed by atoms with van der Waals surface area (Å²) in [6.45, 7) is 0.808. The Morgan fingerprint density at radius 3 is 2.67 bits per heavy atom. The largest absolute Gasteiger partial charge is 0.465 e. The lowest BCUT2D eigenvalue weighted by atomic mass is 10.2. The summed E-state index contributed by atoms with van der Waals surface area (Å²) in [7, 11) is -2.34. The van der Waals surface area contributed by atoms with Gasteiger partial charge >= 0.3 is 5.97 Å². The molecule has 0 unspecified atom stereocenters. The normalized spacial score (nSPS) is 14.5. The van der Waals surface area contributed by atoms with Crippen LogP contribution in [-0.4, -0.2) is 37.6 Å². The summed E-state index contributed by atoms with van der Waals surface area (Å²) in [4.78, 5) is 15.8. The molecule has 7 nitrogen and oxygen atoms in total. The minimum Gasteiger partial charge on any atom is -0.465 e. The molecule has 1 aliphatic rings. The van der Waals surface area contributed by atoms with Gasteiger partial charge in [-0.2, -0.15) is 0 Å². The number of esters is 1. The standard InChI is InChI=1S/C16H19N3O4S/c1-23-16(20)13-4-6-14(7-5-13)24(21,22)18-9-11-19-10-8-17-15(19)12-2-3-12/h4-8,10,12,18H,2-3,9,11H2,1H3. The summed E-state index contributed by atoms with van der Waals surface area (Å²) in [5.74, 6) is 1.04. The van der Waals surface area contributed by atoms with Crippen molar-refractivity contribution >= 4 is 16.0 Å². The molecule has 1 aromatic carbocycles. The van der Waals surface area contributed by atoms with E-state index in [4.69, 9.17) is 0 Å². The second kappa shape index (κ2) is 6.74. The predicted molar refractivity (Wildman–Crippen MR) is 87.2 cm³/mol. The third kappa shape index (κ3) is 3.65. The second-order valence-corrected chi connectivity index (χ2v) is 7.43. The van der Waals surface area contributed by atoms with Gasteiger partial charge in [0, 0.05) is 31.4 Å². The summed E-state index contributed by atoms with van der Waals surface area (Å²) in [6.07, 6.45) is 5.91. The highest BCUT2D eigenvalue weighted by molar-refractivity contribution is 7.89. The Morgan fingerprint density at radius 1 is 1.33 bits per heavy atom. The lowest BCUT2D eigenvalue weighted by Gasteiger charge is -2.10. The van der Waals surface area contributed by atoms with Gasteiger partial charge in [0.15, 0.2) is 0 Å². The number of ether oxygens (including phenoxy) is 1. The lowest BCUT2D eigenvalue weighted by molar-refractivity contribution is 0.0600. The van der Waals surface area contributed by atoms with Crippen LogP contribution in [0.2, 0.25) is 0 Å². The van der Waals surface area contributed by atoms with Crippen LogP contribution >= 0.6 is 0 Å². The average Bonchev–Trinajstić information content (AvgIpc) is 3.33. The van der Waals surface area contributed by atoms with Crippen LogP contribution in [0.3, 0.4) is 0 Å². The van der Waals surface area contributed by atoms with Gasteiger partial charge in [-0.3, -0.25) is 0 Å². The monoisotopic (exact) mass is 349 g/mol. The zero-order valence-electron chi connectivity index (χ0n) is 13.3.